The molecule has 0 bridgehead atoms. The maximum atomic E-state index is 12.5. The number of carbonyl (C=O) groups is 3. The molecule has 0 atom stereocenters. The molecule has 0 heterocycles. The first kappa shape index (κ1) is 25.7. The second-order valence-electron chi connectivity index (χ2n) is 7.29. The van der Waals surface area contributed by atoms with Crippen LogP contribution in [-0.4, -0.2) is 30.6 Å². The van der Waals surface area contributed by atoms with Crippen LogP contribution in [0.3, 0.4) is 0 Å². The Morgan fingerprint density at radius 3 is 2.31 bits per heavy atom. The summed E-state index contributed by atoms with van der Waals surface area (Å²) in [7, 11) is 1.44. The third kappa shape index (κ3) is 6.59. The minimum absolute atomic E-state index is 0.224. The highest BCUT2D eigenvalue weighted by Gasteiger charge is 2.16. The maximum Gasteiger partial charge on any atom is 0.343 e. The Kier molecular flexibility index (Phi) is 8.46. The molecule has 0 unspecified atom stereocenters. The van der Waals surface area contributed by atoms with Gasteiger partial charge in [0.25, 0.3) is 0 Å². The summed E-state index contributed by atoms with van der Waals surface area (Å²) in [6.45, 7) is 3.45. The standard InChI is InChI=1S/C25H21Cl2N3O5/c1-14-6-4-5-7-18(14)25(33)35-21-11-8-16(12-22(21)34-3)15(2)29-30-24(32)23(31)28-17-9-10-19(26)20(27)13-17/h4-13H,1-3H3,(H,28,31)(H,30,32)/b29-15+. The summed E-state index contributed by atoms with van der Waals surface area (Å²) < 4.78 is 10.8. The molecule has 3 aromatic carbocycles. The van der Waals surface area contributed by atoms with Crippen LogP contribution in [-0.2, 0) is 9.59 Å². The summed E-state index contributed by atoms with van der Waals surface area (Å²) in [4.78, 5) is 36.8. The van der Waals surface area contributed by atoms with Crippen LogP contribution in [0.2, 0.25) is 10.0 Å². The predicted octanol–water partition coefficient (Wildman–Crippen LogP) is 5.01. The molecule has 3 aromatic rings. The number of hydrazone groups is 1. The van der Waals surface area contributed by atoms with Crippen molar-refractivity contribution < 1.29 is 23.9 Å². The third-order valence-corrected chi connectivity index (χ3v) is 5.60. The van der Waals surface area contributed by atoms with Gasteiger partial charge in [0.15, 0.2) is 11.5 Å². The van der Waals surface area contributed by atoms with Crippen LogP contribution < -0.4 is 20.2 Å². The van der Waals surface area contributed by atoms with Crippen molar-refractivity contribution in [3.05, 3.63) is 87.4 Å². The summed E-state index contributed by atoms with van der Waals surface area (Å²) in [6, 6.07) is 16.3. The van der Waals surface area contributed by atoms with Gasteiger partial charge in [0.05, 0.1) is 28.4 Å². The van der Waals surface area contributed by atoms with Gasteiger partial charge in [-0.2, -0.15) is 5.10 Å². The fourth-order valence-corrected chi connectivity index (χ4v) is 3.24. The number of halogens is 2. The number of nitrogens with zero attached hydrogens (tertiary/aromatic N) is 1. The molecule has 180 valence electrons. The summed E-state index contributed by atoms with van der Waals surface area (Å²) >= 11 is 11.7. The number of amides is 2. The molecule has 0 aliphatic heterocycles. The Hall–Kier alpha value is -3.88. The van der Waals surface area contributed by atoms with Gasteiger partial charge in [-0.1, -0.05) is 41.4 Å². The molecule has 0 radical (unpaired) electrons. The first-order valence-electron chi connectivity index (χ1n) is 10.3. The van der Waals surface area contributed by atoms with E-state index in [1.54, 1.807) is 37.3 Å². The van der Waals surface area contributed by atoms with Gasteiger partial charge in [-0.3, -0.25) is 9.59 Å². The van der Waals surface area contributed by atoms with Gasteiger partial charge < -0.3 is 14.8 Å². The molecule has 10 heteroatoms. The van der Waals surface area contributed by atoms with Crippen LogP contribution in [0.5, 0.6) is 11.5 Å². The van der Waals surface area contributed by atoms with E-state index in [4.69, 9.17) is 32.7 Å². The number of carbonyl (C=O) groups excluding carboxylic acids is 3. The molecular formula is C25H21Cl2N3O5. The first-order chi connectivity index (χ1) is 16.7. The Balaban J connectivity index is 1.67. The lowest BCUT2D eigenvalue weighted by atomic mass is 10.1. The van der Waals surface area contributed by atoms with E-state index in [0.29, 0.717) is 33.3 Å². The van der Waals surface area contributed by atoms with Gasteiger partial charge >= 0.3 is 17.8 Å². The highest BCUT2D eigenvalue weighted by atomic mass is 35.5. The van der Waals surface area contributed by atoms with Crippen molar-refractivity contribution in [3.8, 4) is 11.5 Å². The van der Waals surface area contributed by atoms with Gasteiger partial charge in [-0.05, 0) is 61.9 Å². The summed E-state index contributed by atoms with van der Waals surface area (Å²) in [5.41, 5.74) is 4.68. The van der Waals surface area contributed by atoms with Crippen LogP contribution >= 0.6 is 23.2 Å². The molecule has 0 aromatic heterocycles. The molecule has 0 fully saturated rings. The lowest BCUT2D eigenvalue weighted by Crippen LogP contribution is -2.32. The second-order valence-corrected chi connectivity index (χ2v) is 8.11. The van der Waals surface area contributed by atoms with Gasteiger partial charge in [0.1, 0.15) is 0 Å². The zero-order chi connectivity index (χ0) is 25.5. The van der Waals surface area contributed by atoms with Crippen LogP contribution in [0.25, 0.3) is 0 Å². The van der Waals surface area contributed by atoms with E-state index in [1.165, 1.54) is 25.3 Å². The maximum absolute atomic E-state index is 12.5. The minimum atomic E-state index is -0.980. The fraction of sp³-hybridized carbons (Fsp3) is 0.120. The number of nitrogens with one attached hydrogen (secondary N) is 2. The van der Waals surface area contributed by atoms with Crippen molar-refractivity contribution in [3.63, 3.8) is 0 Å². The number of esters is 1. The topological polar surface area (TPSA) is 106 Å². The largest absolute Gasteiger partial charge is 0.493 e. The Morgan fingerprint density at radius 1 is 0.886 bits per heavy atom. The van der Waals surface area contributed by atoms with E-state index in [9.17, 15) is 14.4 Å². The van der Waals surface area contributed by atoms with Crippen molar-refractivity contribution in [2.24, 2.45) is 5.10 Å². The number of ether oxygens (including phenoxy) is 2. The second kappa shape index (κ2) is 11.5. The number of methoxy groups -OCH3 is 1. The highest BCUT2D eigenvalue weighted by Crippen LogP contribution is 2.29. The molecule has 2 amide bonds. The number of benzene rings is 3. The Bertz CT molecular complexity index is 1320. The number of hydrogen-bond donors (Lipinski definition) is 2. The average Bonchev–Trinajstić information content (AvgIpc) is 2.84. The SMILES string of the molecule is COc1cc(/C(C)=N/NC(=O)C(=O)Nc2ccc(Cl)c(Cl)c2)ccc1OC(=O)c1ccccc1C. The normalized spacial score (nSPS) is 10.9. The summed E-state index contributed by atoms with van der Waals surface area (Å²) in [6.07, 6.45) is 0. The quantitative estimate of drug-likeness (QED) is 0.158. The van der Waals surface area contributed by atoms with E-state index in [-0.39, 0.29) is 10.8 Å². The van der Waals surface area contributed by atoms with Gasteiger partial charge in [-0.15, -0.1) is 0 Å². The van der Waals surface area contributed by atoms with E-state index >= 15 is 0 Å². The number of aryl methyl sites for hydroxylation is 1. The molecular weight excluding hydrogens is 493 g/mol. The Morgan fingerprint density at radius 2 is 1.63 bits per heavy atom. The molecule has 35 heavy (non-hydrogen) atoms. The third-order valence-electron chi connectivity index (χ3n) is 4.86. The van der Waals surface area contributed by atoms with Crippen LogP contribution in [0, 0.1) is 6.92 Å². The molecule has 0 aliphatic carbocycles. The average molecular weight is 514 g/mol. The van der Waals surface area contributed by atoms with E-state index in [0.717, 1.165) is 5.56 Å². The highest BCUT2D eigenvalue weighted by molar-refractivity contribution is 6.43. The van der Waals surface area contributed by atoms with E-state index < -0.39 is 17.8 Å². The number of hydrogen-bond acceptors (Lipinski definition) is 6. The number of rotatable bonds is 6. The van der Waals surface area contributed by atoms with Crippen molar-refractivity contribution >= 4 is 52.4 Å². The number of anilines is 1. The van der Waals surface area contributed by atoms with Crippen LogP contribution in [0.4, 0.5) is 5.69 Å². The van der Waals surface area contributed by atoms with Crippen LogP contribution in [0.1, 0.15) is 28.4 Å². The predicted molar refractivity (Wildman–Crippen MR) is 135 cm³/mol. The molecule has 8 nitrogen and oxygen atoms in total. The zero-order valence-electron chi connectivity index (χ0n) is 19.0. The van der Waals surface area contributed by atoms with E-state index in [2.05, 4.69) is 15.8 Å². The molecule has 3 rings (SSSR count). The minimum Gasteiger partial charge on any atom is -0.493 e. The Labute approximate surface area is 211 Å². The van der Waals surface area contributed by atoms with E-state index in [1.807, 2.05) is 19.1 Å². The summed E-state index contributed by atoms with van der Waals surface area (Å²) in [5.74, 6) is -1.91. The van der Waals surface area contributed by atoms with Crippen molar-refractivity contribution in [2.75, 3.05) is 12.4 Å². The van der Waals surface area contributed by atoms with Gasteiger partial charge in [-0.25, -0.2) is 10.2 Å². The monoisotopic (exact) mass is 513 g/mol. The lowest BCUT2D eigenvalue weighted by Gasteiger charge is -2.12. The van der Waals surface area contributed by atoms with Gasteiger partial charge in [0, 0.05) is 11.3 Å². The summed E-state index contributed by atoms with van der Waals surface area (Å²) in [5, 5.41) is 6.92. The lowest BCUT2D eigenvalue weighted by molar-refractivity contribution is -0.136. The molecule has 0 saturated carbocycles. The van der Waals surface area contributed by atoms with Crippen molar-refractivity contribution in [1.82, 2.24) is 5.43 Å². The molecule has 2 N–H and O–H groups in total. The van der Waals surface area contributed by atoms with Crippen molar-refractivity contribution in [1.29, 1.82) is 0 Å². The first-order valence-corrected chi connectivity index (χ1v) is 11.0. The zero-order valence-corrected chi connectivity index (χ0v) is 20.5. The smallest absolute Gasteiger partial charge is 0.343 e. The fourth-order valence-electron chi connectivity index (χ4n) is 2.95. The molecule has 0 saturated heterocycles. The van der Waals surface area contributed by atoms with Crippen LogP contribution in [0.15, 0.2) is 65.8 Å². The van der Waals surface area contributed by atoms with Crippen molar-refractivity contribution in [2.45, 2.75) is 13.8 Å². The molecule has 0 aliphatic rings. The van der Waals surface area contributed by atoms with Gasteiger partial charge in [0.2, 0.25) is 0 Å². The molecule has 0 spiro atoms.